The summed E-state index contributed by atoms with van der Waals surface area (Å²) in [7, 11) is 0. The van der Waals surface area contributed by atoms with Gasteiger partial charge in [0.1, 0.15) is 18.0 Å². The van der Waals surface area contributed by atoms with Crippen LogP contribution in [0.2, 0.25) is 5.28 Å². The lowest BCUT2D eigenvalue weighted by Crippen LogP contribution is -1.92. The van der Waals surface area contributed by atoms with E-state index in [0.717, 1.165) is 18.2 Å². The van der Waals surface area contributed by atoms with Crippen molar-refractivity contribution in [2.24, 2.45) is 0 Å². The topological polar surface area (TPSA) is 38.7 Å². The van der Waals surface area contributed by atoms with Gasteiger partial charge in [-0.3, -0.25) is 0 Å². The molecule has 0 amide bonds. The highest BCUT2D eigenvalue weighted by Crippen LogP contribution is 2.18. The first-order chi connectivity index (χ1) is 7.15. The van der Waals surface area contributed by atoms with Gasteiger partial charge in [-0.2, -0.15) is 4.98 Å². The Labute approximate surface area is 88.8 Å². The van der Waals surface area contributed by atoms with Crippen molar-refractivity contribution in [3.05, 3.63) is 41.4 Å². The summed E-state index contributed by atoms with van der Waals surface area (Å²) in [5.41, 5.74) is 0.219. The summed E-state index contributed by atoms with van der Waals surface area (Å²) in [6, 6.07) is 3.01. The van der Waals surface area contributed by atoms with Gasteiger partial charge in [-0.05, 0) is 23.7 Å². The van der Waals surface area contributed by atoms with Gasteiger partial charge in [0.2, 0.25) is 5.28 Å². The summed E-state index contributed by atoms with van der Waals surface area (Å²) in [6.07, 6.45) is 1.17. The van der Waals surface area contributed by atoms with E-state index in [2.05, 4.69) is 15.0 Å². The molecule has 76 valence electrons. The highest BCUT2D eigenvalue weighted by Gasteiger charge is 2.06. The molecule has 1 heterocycles. The van der Waals surface area contributed by atoms with E-state index in [1.54, 1.807) is 0 Å². The van der Waals surface area contributed by atoms with Crippen LogP contribution >= 0.6 is 11.6 Å². The smallest absolute Gasteiger partial charge is 0.216 e. The van der Waals surface area contributed by atoms with E-state index in [1.807, 2.05) is 0 Å². The molecule has 0 aliphatic carbocycles. The molecule has 0 spiro atoms. The van der Waals surface area contributed by atoms with Gasteiger partial charge in [0.05, 0.1) is 0 Å². The molecule has 2 rings (SSSR count). The summed E-state index contributed by atoms with van der Waals surface area (Å²) >= 11 is 5.52. The summed E-state index contributed by atoms with van der Waals surface area (Å²) < 4.78 is 25.7. The van der Waals surface area contributed by atoms with Gasteiger partial charge >= 0.3 is 0 Å². The zero-order valence-electron chi connectivity index (χ0n) is 7.28. The molecule has 0 N–H and O–H groups in total. The number of hydrogen-bond donors (Lipinski definition) is 0. The molecule has 0 unspecified atom stereocenters. The van der Waals surface area contributed by atoms with Crippen LogP contribution in [0.4, 0.5) is 8.78 Å². The van der Waals surface area contributed by atoms with E-state index in [0.29, 0.717) is 0 Å². The van der Waals surface area contributed by atoms with E-state index in [9.17, 15) is 8.78 Å². The van der Waals surface area contributed by atoms with Crippen LogP contribution in [0.5, 0.6) is 0 Å². The minimum absolute atomic E-state index is 0.0235. The fourth-order valence-electron chi connectivity index (χ4n) is 1.10. The Morgan fingerprint density at radius 3 is 2.27 bits per heavy atom. The predicted molar refractivity (Wildman–Crippen MR) is 50.2 cm³/mol. The predicted octanol–water partition coefficient (Wildman–Crippen LogP) is 2.47. The molecule has 0 bridgehead atoms. The number of rotatable bonds is 1. The lowest BCUT2D eigenvalue weighted by molar-refractivity contribution is 0.584. The average Bonchev–Trinajstić information content (AvgIpc) is 2.16. The third-order valence-corrected chi connectivity index (χ3v) is 1.85. The molecule has 3 nitrogen and oxygen atoms in total. The van der Waals surface area contributed by atoms with Crippen LogP contribution in [0.1, 0.15) is 0 Å². The maximum absolute atomic E-state index is 12.9. The number of hydrogen-bond acceptors (Lipinski definition) is 3. The van der Waals surface area contributed by atoms with Crippen LogP contribution in [0.15, 0.2) is 24.5 Å². The summed E-state index contributed by atoms with van der Waals surface area (Å²) in [4.78, 5) is 11.1. The second-order valence-electron chi connectivity index (χ2n) is 2.74. The first-order valence-corrected chi connectivity index (χ1v) is 4.34. The molecule has 1 aromatic carbocycles. The number of halogens is 3. The summed E-state index contributed by atoms with van der Waals surface area (Å²) in [5.74, 6) is -1.25. The SMILES string of the molecule is Fc1cc(F)cc(-c2ncnc(Cl)n2)c1. The van der Waals surface area contributed by atoms with Gasteiger partial charge in [0.25, 0.3) is 0 Å². The normalized spacial score (nSPS) is 10.3. The van der Waals surface area contributed by atoms with Crippen molar-refractivity contribution >= 4 is 11.6 Å². The van der Waals surface area contributed by atoms with Crippen molar-refractivity contribution < 1.29 is 8.78 Å². The zero-order chi connectivity index (χ0) is 10.8. The third kappa shape index (κ3) is 2.24. The fraction of sp³-hybridized carbons (Fsp3) is 0. The molecule has 0 radical (unpaired) electrons. The monoisotopic (exact) mass is 227 g/mol. The molecule has 2 aromatic rings. The maximum Gasteiger partial charge on any atom is 0.225 e. The molecule has 6 heteroatoms. The van der Waals surface area contributed by atoms with Crippen molar-refractivity contribution in [1.29, 1.82) is 0 Å². The largest absolute Gasteiger partial charge is 0.225 e. The minimum atomic E-state index is -0.693. The van der Waals surface area contributed by atoms with Gasteiger partial charge < -0.3 is 0 Å². The van der Waals surface area contributed by atoms with E-state index >= 15 is 0 Å². The highest BCUT2D eigenvalue weighted by molar-refractivity contribution is 6.28. The second kappa shape index (κ2) is 3.86. The maximum atomic E-state index is 12.9. The van der Waals surface area contributed by atoms with Crippen LogP contribution < -0.4 is 0 Å². The van der Waals surface area contributed by atoms with Gasteiger partial charge in [0.15, 0.2) is 5.82 Å². The van der Waals surface area contributed by atoms with Crippen molar-refractivity contribution in [1.82, 2.24) is 15.0 Å². The average molecular weight is 228 g/mol. The molecule has 0 fully saturated rings. The molecular weight excluding hydrogens is 224 g/mol. The summed E-state index contributed by atoms with van der Waals surface area (Å²) in [5, 5.41) is -0.0235. The van der Waals surface area contributed by atoms with Crippen LogP contribution in [0, 0.1) is 11.6 Å². The van der Waals surface area contributed by atoms with Crippen molar-refractivity contribution in [2.45, 2.75) is 0 Å². The summed E-state index contributed by atoms with van der Waals surface area (Å²) in [6.45, 7) is 0. The molecule has 15 heavy (non-hydrogen) atoms. The van der Waals surface area contributed by atoms with Crippen molar-refractivity contribution in [3.63, 3.8) is 0 Å². The van der Waals surface area contributed by atoms with Gasteiger partial charge in [-0.1, -0.05) is 0 Å². The molecule has 1 aromatic heterocycles. The third-order valence-electron chi connectivity index (χ3n) is 1.66. The molecule has 0 saturated heterocycles. The molecule has 0 saturated carbocycles. The quantitative estimate of drug-likeness (QED) is 0.751. The van der Waals surface area contributed by atoms with E-state index in [4.69, 9.17) is 11.6 Å². The highest BCUT2D eigenvalue weighted by atomic mass is 35.5. The Kier molecular flexibility index (Phi) is 2.55. The van der Waals surface area contributed by atoms with E-state index in [-0.39, 0.29) is 16.7 Å². The number of nitrogens with zero attached hydrogens (tertiary/aromatic N) is 3. The van der Waals surface area contributed by atoms with Crippen LogP contribution in [-0.2, 0) is 0 Å². The van der Waals surface area contributed by atoms with Gasteiger partial charge in [-0.25, -0.2) is 18.7 Å². The minimum Gasteiger partial charge on any atom is -0.216 e. The molecule has 0 aliphatic heterocycles. The Morgan fingerprint density at radius 2 is 1.67 bits per heavy atom. The molecule has 0 aliphatic rings. The first kappa shape index (κ1) is 9.92. The van der Waals surface area contributed by atoms with Crippen LogP contribution in [0.25, 0.3) is 11.4 Å². The molecule has 0 atom stereocenters. The van der Waals surface area contributed by atoms with Gasteiger partial charge in [-0.15, -0.1) is 0 Å². The standard InChI is InChI=1S/C9H4ClF2N3/c10-9-14-4-13-8(15-9)5-1-6(11)3-7(12)2-5/h1-4H. The van der Waals surface area contributed by atoms with E-state index in [1.165, 1.54) is 6.33 Å². The van der Waals surface area contributed by atoms with Crippen molar-refractivity contribution in [2.75, 3.05) is 0 Å². The Morgan fingerprint density at radius 1 is 1.00 bits per heavy atom. The number of benzene rings is 1. The van der Waals surface area contributed by atoms with E-state index < -0.39 is 11.6 Å². The lowest BCUT2D eigenvalue weighted by atomic mass is 10.2. The lowest BCUT2D eigenvalue weighted by Gasteiger charge is -2.00. The number of aromatic nitrogens is 3. The Hall–Kier alpha value is -1.62. The Balaban J connectivity index is 2.54. The second-order valence-corrected chi connectivity index (χ2v) is 3.07. The van der Waals surface area contributed by atoms with Crippen molar-refractivity contribution in [3.8, 4) is 11.4 Å². The van der Waals surface area contributed by atoms with Gasteiger partial charge in [0, 0.05) is 11.6 Å². The van der Waals surface area contributed by atoms with Crippen LogP contribution in [0.3, 0.4) is 0 Å². The first-order valence-electron chi connectivity index (χ1n) is 3.96. The fourth-order valence-corrected chi connectivity index (χ4v) is 1.22. The van der Waals surface area contributed by atoms with Crippen LogP contribution in [-0.4, -0.2) is 15.0 Å². The zero-order valence-corrected chi connectivity index (χ0v) is 8.04. The Bertz CT molecular complexity index is 484. The molecular formula is C9H4ClF2N3.